The number of rotatable bonds is 5. The van der Waals surface area contributed by atoms with Crippen molar-refractivity contribution in [2.24, 2.45) is 21.6 Å². The summed E-state index contributed by atoms with van der Waals surface area (Å²) in [5, 5.41) is 11.3. The van der Waals surface area contributed by atoms with Crippen LogP contribution in [0.1, 0.15) is 12.8 Å². The monoisotopic (exact) mass is 187 g/mol. The molecule has 1 unspecified atom stereocenters. The predicted octanol–water partition coefficient (Wildman–Crippen LogP) is -0.476. The third-order valence-electron chi connectivity index (χ3n) is 1.38. The second kappa shape index (κ2) is 6.06. The Balaban J connectivity index is 3.57. The molecule has 0 aromatic heterocycles. The summed E-state index contributed by atoms with van der Waals surface area (Å²) in [6, 6.07) is -0.857. The zero-order valence-electron chi connectivity index (χ0n) is 7.10. The van der Waals surface area contributed by atoms with E-state index in [0.717, 1.165) is 0 Å². The molecule has 0 aliphatic rings. The molecule has 0 saturated heterocycles. The molecule has 0 radical (unpaired) electrons. The van der Waals surface area contributed by atoms with E-state index in [2.05, 4.69) is 10.1 Å². The van der Waals surface area contributed by atoms with E-state index in [1.807, 2.05) is 0 Å². The van der Waals surface area contributed by atoms with Gasteiger partial charge in [-0.3, -0.25) is 9.79 Å². The highest BCUT2D eigenvalue weighted by atomic mass is 16.4. The summed E-state index contributed by atoms with van der Waals surface area (Å²) in [7, 11) is 0. The normalized spacial score (nSPS) is 13.8. The number of nitrogens with one attached hydrogen (secondary N) is 1. The molecule has 0 aromatic rings. The van der Waals surface area contributed by atoms with Crippen LogP contribution in [0.3, 0.4) is 0 Å². The standard InChI is InChI=1S/C6H13N5O2/c7-4(5(12)13)2-1-3-10-6(8)11-9/h4,9H,1-3,7H2,(H2,8,10)(H,12,13). The molecule has 7 nitrogen and oxygen atoms in total. The number of carboxylic acids is 1. The van der Waals surface area contributed by atoms with Crippen molar-refractivity contribution >= 4 is 11.9 Å². The van der Waals surface area contributed by atoms with Crippen LogP contribution in [0.4, 0.5) is 0 Å². The number of nitrogens with zero attached hydrogens (tertiary/aromatic N) is 2. The number of aliphatic imine (C=N–C) groups is 1. The van der Waals surface area contributed by atoms with Gasteiger partial charge in [-0.15, -0.1) is 5.11 Å². The van der Waals surface area contributed by atoms with Gasteiger partial charge in [0.2, 0.25) is 5.96 Å². The molecule has 0 aliphatic heterocycles. The van der Waals surface area contributed by atoms with Gasteiger partial charge in [0, 0.05) is 6.54 Å². The van der Waals surface area contributed by atoms with Gasteiger partial charge < -0.3 is 16.6 Å². The smallest absolute Gasteiger partial charge is 0.320 e. The lowest BCUT2D eigenvalue weighted by Crippen LogP contribution is -2.30. The van der Waals surface area contributed by atoms with Crippen LogP contribution < -0.4 is 11.5 Å². The lowest BCUT2D eigenvalue weighted by molar-refractivity contribution is -0.138. The minimum absolute atomic E-state index is 0.108. The van der Waals surface area contributed by atoms with Crippen molar-refractivity contribution in [1.29, 1.82) is 5.53 Å². The Morgan fingerprint density at radius 1 is 1.62 bits per heavy atom. The first-order valence-electron chi connectivity index (χ1n) is 3.73. The summed E-state index contributed by atoms with van der Waals surface area (Å²) in [6.07, 6.45) is 0.855. The first kappa shape index (κ1) is 11.5. The largest absolute Gasteiger partial charge is 0.480 e. The lowest BCUT2D eigenvalue weighted by Gasteiger charge is -2.03. The second-order valence-electron chi connectivity index (χ2n) is 2.44. The van der Waals surface area contributed by atoms with Gasteiger partial charge in [0.1, 0.15) is 6.04 Å². The van der Waals surface area contributed by atoms with Crippen molar-refractivity contribution in [3.05, 3.63) is 0 Å². The number of nitrogens with two attached hydrogens (primary N) is 2. The first-order valence-corrected chi connectivity index (χ1v) is 3.73. The van der Waals surface area contributed by atoms with Crippen LogP contribution in [0.2, 0.25) is 0 Å². The molecule has 7 heteroatoms. The maximum Gasteiger partial charge on any atom is 0.320 e. The predicted molar refractivity (Wildman–Crippen MR) is 46.5 cm³/mol. The lowest BCUT2D eigenvalue weighted by atomic mass is 10.2. The number of hydrogen-bond acceptors (Lipinski definition) is 4. The van der Waals surface area contributed by atoms with Crippen molar-refractivity contribution in [1.82, 2.24) is 0 Å². The molecule has 0 aliphatic carbocycles. The van der Waals surface area contributed by atoms with Gasteiger partial charge >= 0.3 is 5.97 Å². The quantitative estimate of drug-likeness (QED) is 0.200. The fraction of sp³-hybridized carbons (Fsp3) is 0.667. The first-order chi connectivity index (χ1) is 6.07. The van der Waals surface area contributed by atoms with Gasteiger partial charge in [-0.05, 0) is 12.8 Å². The van der Waals surface area contributed by atoms with Crippen molar-refractivity contribution in [3.63, 3.8) is 0 Å². The Labute approximate surface area is 75.3 Å². The van der Waals surface area contributed by atoms with Gasteiger partial charge in [0.25, 0.3) is 0 Å². The Hall–Kier alpha value is -1.50. The van der Waals surface area contributed by atoms with E-state index in [1.165, 1.54) is 0 Å². The molecule has 13 heavy (non-hydrogen) atoms. The third-order valence-corrected chi connectivity index (χ3v) is 1.38. The van der Waals surface area contributed by atoms with Crippen LogP contribution >= 0.6 is 0 Å². The topological polar surface area (TPSA) is 138 Å². The number of carboxylic acid groups (broad SMARTS) is 1. The molecule has 6 N–H and O–H groups in total. The number of carbonyl (C=O) groups is 1. The molecule has 0 aromatic carbocycles. The zero-order chi connectivity index (χ0) is 10.3. The Morgan fingerprint density at radius 3 is 2.69 bits per heavy atom. The maximum atomic E-state index is 10.2. The van der Waals surface area contributed by atoms with Gasteiger partial charge in [-0.25, -0.2) is 5.53 Å². The Kier molecular flexibility index (Phi) is 5.37. The molecule has 1 atom stereocenters. The summed E-state index contributed by atoms with van der Waals surface area (Å²) in [6.45, 7) is 0.342. The van der Waals surface area contributed by atoms with Gasteiger partial charge in [0.15, 0.2) is 0 Å². The third kappa shape index (κ3) is 5.74. The van der Waals surface area contributed by atoms with Crippen molar-refractivity contribution in [2.75, 3.05) is 6.54 Å². The molecular weight excluding hydrogens is 174 g/mol. The SMILES string of the molecule is N=NC(N)=NCCCC(N)C(=O)O. The Bertz CT molecular complexity index is 215. The average molecular weight is 187 g/mol. The van der Waals surface area contributed by atoms with E-state index in [9.17, 15) is 4.79 Å². The summed E-state index contributed by atoms with van der Waals surface area (Å²) in [4.78, 5) is 13.9. The van der Waals surface area contributed by atoms with Gasteiger partial charge in [-0.1, -0.05) is 0 Å². The van der Waals surface area contributed by atoms with Gasteiger partial charge in [0.05, 0.1) is 0 Å². The number of aliphatic carboxylic acids is 1. The van der Waals surface area contributed by atoms with Crippen LogP contribution in [-0.2, 0) is 4.79 Å². The van der Waals surface area contributed by atoms with Gasteiger partial charge in [-0.2, -0.15) is 0 Å². The van der Waals surface area contributed by atoms with Crippen molar-refractivity contribution < 1.29 is 9.90 Å². The maximum absolute atomic E-state index is 10.2. The molecule has 0 fully saturated rings. The minimum atomic E-state index is -1.03. The molecular formula is C6H13N5O2. The second-order valence-corrected chi connectivity index (χ2v) is 2.44. The number of hydrogen-bond donors (Lipinski definition) is 4. The highest BCUT2D eigenvalue weighted by Gasteiger charge is 2.09. The molecule has 0 heterocycles. The minimum Gasteiger partial charge on any atom is -0.480 e. The fourth-order valence-corrected chi connectivity index (χ4v) is 0.664. The summed E-state index contributed by atoms with van der Waals surface area (Å²) in [5.74, 6) is -1.13. The van der Waals surface area contributed by atoms with E-state index in [-0.39, 0.29) is 5.96 Å². The van der Waals surface area contributed by atoms with E-state index < -0.39 is 12.0 Å². The van der Waals surface area contributed by atoms with E-state index in [1.54, 1.807) is 0 Å². The van der Waals surface area contributed by atoms with Crippen LogP contribution in [-0.4, -0.2) is 29.6 Å². The van der Waals surface area contributed by atoms with E-state index in [4.69, 9.17) is 22.1 Å². The van der Waals surface area contributed by atoms with Crippen LogP contribution in [0.5, 0.6) is 0 Å². The molecule has 0 bridgehead atoms. The van der Waals surface area contributed by atoms with E-state index >= 15 is 0 Å². The summed E-state index contributed by atoms with van der Waals surface area (Å²) in [5.41, 5.74) is 16.8. The van der Waals surface area contributed by atoms with Crippen LogP contribution in [0, 0.1) is 5.53 Å². The van der Waals surface area contributed by atoms with Crippen LogP contribution in [0.15, 0.2) is 10.1 Å². The fourth-order valence-electron chi connectivity index (χ4n) is 0.664. The van der Waals surface area contributed by atoms with Crippen LogP contribution in [0.25, 0.3) is 0 Å². The Morgan fingerprint density at radius 2 is 2.23 bits per heavy atom. The molecule has 74 valence electrons. The highest BCUT2D eigenvalue weighted by molar-refractivity contribution is 5.77. The molecule has 0 spiro atoms. The van der Waals surface area contributed by atoms with E-state index in [0.29, 0.717) is 19.4 Å². The molecule has 0 amide bonds. The van der Waals surface area contributed by atoms with Crippen molar-refractivity contribution in [3.8, 4) is 0 Å². The average Bonchev–Trinajstić information content (AvgIpc) is 2.11. The summed E-state index contributed by atoms with van der Waals surface area (Å²) < 4.78 is 0. The van der Waals surface area contributed by atoms with Crippen molar-refractivity contribution in [2.45, 2.75) is 18.9 Å². The number of guanidine groups is 1. The highest BCUT2D eigenvalue weighted by Crippen LogP contribution is 1.94. The summed E-state index contributed by atoms with van der Waals surface area (Å²) >= 11 is 0. The molecule has 0 saturated carbocycles. The molecule has 0 rings (SSSR count). The zero-order valence-corrected chi connectivity index (χ0v) is 7.10.